The summed E-state index contributed by atoms with van der Waals surface area (Å²) in [4.78, 5) is 4.53. The second-order valence-corrected chi connectivity index (χ2v) is 6.34. The Bertz CT molecular complexity index is 537. The Morgan fingerprint density at radius 1 is 1.25 bits per heavy atom. The predicted octanol–water partition coefficient (Wildman–Crippen LogP) is 4.28. The molecule has 0 spiro atoms. The minimum atomic E-state index is 0.333. The van der Waals surface area contributed by atoms with Crippen molar-refractivity contribution in [2.45, 2.75) is 32.7 Å². The van der Waals surface area contributed by atoms with Gasteiger partial charge in [-0.25, -0.2) is 0 Å². The van der Waals surface area contributed by atoms with Gasteiger partial charge >= 0.3 is 0 Å². The van der Waals surface area contributed by atoms with Crippen molar-refractivity contribution in [2.24, 2.45) is 0 Å². The summed E-state index contributed by atoms with van der Waals surface area (Å²) < 4.78 is 1.28. The van der Waals surface area contributed by atoms with Gasteiger partial charge in [-0.15, -0.1) is 0 Å². The molecule has 1 aromatic carbocycles. The Morgan fingerprint density at radius 2 is 2.10 bits per heavy atom. The van der Waals surface area contributed by atoms with Crippen molar-refractivity contribution < 1.29 is 0 Å². The molecule has 0 amide bonds. The first-order chi connectivity index (χ1) is 9.69. The zero-order valence-corrected chi connectivity index (χ0v) is 14.2. The number of aryl methyl sites for hydroxylation is 1. The van der Waals surface area contributed by atoms with Gasteiger partial charge in [0.1, 0.15) is 0 Å². The molecule has 0 fully saturated rings. The minimum absolute atomic E-state index is 0.333. The van der Waals surface area contributed by atoms with Gasteiger partial charge in [-0.05, 0) is 71.8 Å². The van der Waals surface area contributed by atoms with Crippen LogP contribution in [0.25, 0.3) is 0 Å². The molecular formula is C17H21IN2. The molecule has 3 heteroatoms. The van der Waals surface area contributed by atoms with E-state index in [1.807, 2.05) is 6.20 Å². The molecule has 2 nitrogen and oxygen atoms in total. The van der Waals surface area contributed by atoms with E-state index in [1.165, 1.54) is 14.7 Å². The highest BCUT2D eigenvalue weighted by molar-refractivity contribution is 14.1. The molecule has 20 heavy (non-hydrogen) atoms. The zero-order chi connectivity index (χ0) is 14.4. The summed E-state index contributed by atoms with van der Waals surface area (Å²) in [6.45, 7) is 5.30. The Hall–Kier alpha value is -0.940. The molecule has 106 valence electrons. The number of hydrogen-bond donors (Lipinski definition) is 1. The average molecular weight is 380 g/mol. The van der Waals surface area contributed by atoms with Gasteiger partial charge in [0.15, 0.2) is 0 Å². The number of rotatable bonds is 6. The third kappa shape index (κ3) is 4.56. The molecule has 0 radical (unpaired) electrons. The largest absolute Gasteiger partial charge is 0.310 e. The van der Waals surface area contributed by atoms with Crippen LogP contribution in [-0.2, 0) is 6.42 Å². The van der Waals surface area contributed by atoms with Crippen molar-refractivity contribution in [3.05, 3.63) is 63.0 Å². The van der Waals surface area contributed by atoms with Gasteiger partial charge in [0.2, 0.25) is 0 Å². The summed E-state index contributed by atoms with van der Waals surface area (Å²) in [6.07, 6.45) is 4.02. The first-order valence-corrected chi connectivity index (χ1v) is 8.17. The number of nitrogens with one attached hydrogen (secondary N) is 1. The fraction of sp³-hybridized carbons (Fsp3) is 0.353. The van der Waals surface area contributed by atoms with Crippen LogP contribution in [0.15, 0.2) is 42.6 Å². The molecule has 2 aromatic rings. The lowest BCUT2D eigenvalue weighted by atomic mass is 10.0. The summed E-state index contributed by atoms with van der Waals surface area (Å²) in [5.41, 5.74) is 3.69. The number of benzene rings is 1. The van der Waals surface area contributed by atoms with E-state index < -0.39 is 0 Å². The second kappa shape index (κ2) is 7.74. The van der Waals surface area contributed by atoms with Crippen LogP contribution in [0.5, 0.6) is 0 Å². The Labute approximate surface area is 135 Å². The van der Waals surface area contributed by atoms with Crippen LogP contribution < -0.4 is 5.32 Å². The zero-order valence-electron chi connectivity index (χ0n) is 12.1. The number of aromatic nitrogens is 1. The molecule has 1 atom stereocenters. The maximum absolute atomic E-state index is 4.53. The Kier molecular flexibility index (Phi) is 5.98. The van der Waals surface area contributed by atoms with Gasteiger partial charge in [-0.2, -0.15) is 0 Å². The standard InChI is InChI=1S/C17H21IN2/c1-3-9-19-17(14-5-4-6-15(18)10-14)11-16-8-7-13(2)12-20-16/h4-8,10,12,17,19H,3,9,11H2,1-2H3. The molecule has 0 saturated heterocycles. The molecule has 0 aliphatic rings. The fourth-order valence-corrected chi connectivity index (χ4v) is 2.75. The maximum Gasteiger partial charge on any atom is 0.0422 e. The minimum Gasteiger partial charge on any atom is -0.310 e. The quantitative estimate of drug-likeness (QED) is 0.757. The summed E-state index contributed by atoms with van der Waals surface area (Å²) in [5, 5.41) is 3.63. The molecule has 1 N–H and O–H groups in total. The highest BCUT2D eigenvalue weighted by Crippen LogP contribution is 2.20. The molecule has 1 heterocycles. The van der Waals surface area contributed by atoms with Crippen LogP contribution in [0.3, 0.4) is 0 Å². The third-order valence-corrected chi connectivity index (χ3v) is 3.95. The lowest BCUT2D eigenvalue weighted by molar-refractivity contribution is 0.524. The van der Waals surface area contributed by atoms with Crippen LogP contribution in [0, 0.1) is 10.5 Å². The van der Waals surface area contributed by atoms with Crippen LogP contribution in [0.2, 0.25) is 0 Å². The van der Waals surface area contributed by atoms with Crippen LogP contribution in [0.1, 0.15) is 36.2 Å². The Balaban J connectivity index is 2.16. The van der Waals surface area contributed by atoms with Gasteiger partial charge in [-0.1, -0.05) is 25.1 Å². The van der Waals surface area contributed by atoms with E-state index in [-0.39, 0.29) is 0 Å². The van der Waals surface area contributed by atoms with E-state index in [1.54, 1.807) is 0 Å². The molecule has 0 aliphatic heterocycles. The normalized spacial score (nSPS) is 12.3. The SMILES string of the molecule is CCCNC(Cc1ccc(C)cn1)c1cccc(I)c1. The van der Waals surface area contributed by atoms with Crippen molar-refractivity contribution in [1.29, 1.82) is 0 Å². The van der Waals surface area contributed by atoms with E-state index in [2.05, 4.69) is 83.1 Å². The van der Waals surface area contributed by atoms with E-state index in [0.29, 0.717) is 6.04 Å². The smallest absolute Gasteiger partial charge is 0.0422 e. The summed E-state index contributed by atoms with van der Waals surface area (Å²) >= 11 is 2.37. The fourth-order valence-electron chi connectivity index (χ4n) is 2.18. The van der Waals surface area contributed by atoms with E-state index in [4.69, 9.17) is 0 Å². The second-order valence-electron chi connectivity index (χ2n) is 5.09. The van der Waals surface area contributed by atoms with Crippen molar-refractivity contribution in [1.82, 2.24) is 10.3 Å². The van der Waals surface area contributed by atoms with E-state index >= 15 is 0 Å². The number of pyridine rings is 1. The van der Waals surface area contributed by atoms with Crippen molar-refractivity contribution >= 4 is 22.6 Å². The van der Waals surface area contributed by atoms with Gasteiger partial charge in [0, 0.05) is 27.9 Å². The predicted molar refractivity (Wildman–Crippen MR) is 92.9 cm³/mol. The molecule has 0 saturated carbocycles. The number of nitrogens with zero attached hydrogens (tertiary/aromatic N) is 1. The van der Waals surface area contributed by atoms with Gasteiger partial charge in [-0.3, -0.25) is 4.98 Å². The average Bonchev–Trinajstić information content (AvgIpc) is 2.45. The van der Waals surface area contributed by atoms with Gasteiger partial charge in [0.25, 0.3) is 0 Å². The monoisotopic (exact) mass is 380 g/mol. The molecule has 0 bridgehead atoms. The lowest BCUT2D eigenvalue weighted by Crippen LogP contribution is -2.24. The van der Waals surface area contributed by atoms with Gasteiger partial charge in [0.05, 0.1) is 0 Å². The van der Waals surface area contributed by atoms with E-state index in [9.17, 15) is 0 Å². The summed E-state index contributed by atoms with van der Waals surface area (Å²) in [7, 11) is 0. The third-order valence-electron chi connectivity index (χ3n) is 3.28. The van der Waals surface area contributed by atoms with Gasteiger partial charge < -0.3 is 5.32 Å². The summed E-state index contributed by atoms with van der Waals surface area (Å²) in [5.74, 6) is 0. The lowest BCUT2D eigenvalue weighted by Gasteiger charge is -2.19. The van der Waals surface area contributed by atoms with Crippen LogP contribution >= 0.6 is 22.6 Å². The highest BCUT2D eigenvalue weighted by atomic mass is 127. The highest BCUT2D eigenvalue weighted by Gasteiger charge is 2.12. The van der Waals surface area contributed by atoms with Crippen LogP contribution in [-0.4, -0.2) is 11.5 Å². The van der Waals surface area contributed by atoms with Crippen LogP contribution in [0.4, 0.5) is 0 Å². The molecule has 2 rings (SSSR count). The van der Waals surface area contributed by atoms with Crippen molar-refractivity contribution in [3.8, 4) is 0 Å². The van der Waals surface area contributed by atoms with Crippen molar-refractivity contribution in [2.75, 3.05) is 6.54 Å². The Morgan fingerprint density at radius 3 is 2.75 bits per heavy atom. The van der Waals surface area contributed by atoms with E-state index in [0.717, 1.165) is 25.1 Å². The molecular weight excluding hydrogens is 359 g/mol. The summed E-state index contributed by atoms with van der Waals surface area (Å²) in [6, 6.07) is 13.3. The molecule has 0 aliphatic carbocycles. The van der Waals surface area contributed by atoms with Crippen molar-refractivity contribution in [3.63, 3.8) is 0 Å². The molecule has 1 aromatic heterocycles. The first kappa shape index (κ1) is 15.4. The number of halogens is 1. The first-order valence-electron chi connectivity index (χ1n) is 7.09. The number of hydrogen-bond acceptors (Lipinski definition) is 2. The topological polar surface area (TPSA) is 24.9 Å². The molecule has 1 unspecified atom stereocenters. The maximum atomic E-state index is 4.53.